The summed E-state index contributed by atoms with van der Waals surface area (Å²) < 4.78 is 6.13. The Morgan fingerprint density at radius 2 is 1.89 bits per heavy atom. The lowest BCUT2D eigenvalue weighted by Crippen LogP contribution is -2.38. The summed E-state index contributed by atoms with van der Waals surface area (Å²) in [4.78, 5) is 2.12. The Hall–Kier alpha value is -1.22. The first-order chi connectivity index (χ1) is 8.70. The van der Waals surface area contributed by atoms with Gasteiger partial charge in [-0.1, -0.05) is 6.07 Å². The van der Waals surface area contributed by atoms with Crippen LogP contribution in [0.15, 0.2) is 24.3 Å². The van der Waals surface area contributed by atoms with Gasteiger partial charge in [-0.05, 0) is 52.3 Å². The van der Waals surface area contributed by atoms with Gasteiger partial charge in [0, 0.05) is 25.5 Å². The Balaban J connectivity index is 2.15. The molecule has 3 nitrogen and oxygen atoms in total. The fraction of sp³-hybridized carbons (Fsp3) is 0.625. The molecule has 0 bridgehead atoms. The van der Waals surface area contributed by atoms with Crippen LogP contribution in [0.1, 0.15) is 34.1 Å². The van der Waals surface area contributed by atoms with Crippen LogP contribution in [-0.4, -0.2) is 31.3 Å². The van der Waals surface area contributed by atoms with Crippen molar-refractivity contribution in [2.24, 2.45) is 0 Å². The third-order valence-corrected chi connectivity index (χ3v) is 3.78. The van der Waals surface area contributed by atoms with Crippen molar-refractivity contribution >= 4 is 11.4 Å². The van der Waals surface area contributed by atoms with Crippen LogP contribution in [0.5, 0.6) is 0 Å². The summed E-state index contributed by atoms with van der Waals surface area (Å²) in [7, 11) is 4.12. The summed E-state index contributed by atoms with van der Waals surface area (Å²) in [6.07, 6.45) is 1.02. The Morgan fingerprint density at radius 1 is 1.21 bits per heavy atom. The van der Waals surface area contributed by atoms with E-state index in [4.69, 9.17) is 4.74 Å². The van der Waals surface area contributed by atoms with E-state index in [1.54, 1.807) is 0 Å². The molecule has 3 heteroatoms. The Morgan fingerprint density at radius 3 is 2.42 bits per heavy atom. The lowest BCUT2D eigenvalue weighted by molar-refractivity contribution is -0.0662. The molecule has 1 aromatic rings. The van der Waals surface area contributed by atoms with Crippen LogP contribution in [0.3, 0.4) is 0 Å². The largest absolute Gasteiger partial charge is 0.379 e. The van der Waals surface area contributed by atoms with Crippen LogP contribution >= 0.6 is 0 Å². The second kappa shape index (κ2) is 4.71. The van der Waals surface area contributed by atoms with Crippen LogP contribution < -0.4 is 10.2 Å². The molecule has 1 N–H and O–H groups in total. The molecule has 0 saturated carbocycles. The van der Waals surface area contributed by atoms with Gasteiger partial charge in [-0.15, -0.1) is 0 Å². The molecule has 0 aromatic heterocycles. The Labute approximate surface area is 116 Å². The summed E-state index contributed by atoms with van der Waals surface area (Å²) in [5.74, 6) is 0. The molecule has 1 atom stereocenters. The highest BCUT2D eigenvalue weighted by Crippen LogP contribution is 2.39. The molecule has 1 aliphatic rings. The van der Waals surface area contributed by atoms with Crippen LogP contribution in [-0.2, 0) is 4.74 Å². The molecule has 0 spiro atoms. The molecule has 1 saturated heterocycles. The van der Waals surface area contributed by atoms with Crippen LogP contribution in [0, 0.1) is 0 Å². The molecule has 106 valence electrons. The average Bonchev–Trinajstić information content (AvgIpc) is 2.47. The number of hydrogen-bond acceptors (Lipinski definition) is 3. The summed E-state index contributed by atoms with van der Waals surface area (Å²) in [6, 6.07) is 8.84. The van der Waals surface area contributed by atoms with Crippen LogP contribution in [0.4, 0.5) is 11.4 Å². The van der Waals surface area contributed by atoms with E-state index in [1.807, 2.05) is 0 Å². The predicted octanol–water partition coefficient (Wildman–Crippen LogP) is 3.51. The van der Waals surface area contributed by atoms with E-state index in [-0.39, 0.29) is 11.2 Å². The zero-order chi connectivity index (χ0) is 14.3. The molecule has 1 unspecified atom stereocenters. The summed E-state index contributed by atoms with van der Waals surface area (Å²) >= 11 is 0. The van der Waals surface area contributed by atoms with Gasteiger partial charge < -0.3 is 15.0 Å². The molecule has 19 heavy (non-hydrogen) atoms. The number of nitrogens with zero attached hydrogens (tertiary/aromatic N) is 1. The van der Waals surface area contributed by atoms with Gasteiger partial charge in [0.15, 0.2) is 0 Å². The maximum atomic E-state index is 6.13. The maximum Gasteiger partial charge on any atom is 0.0834 e. The van der Waals surface area contributed by atoms with E-state index < -0.39 is 0 Å². The number of rotatable bonds is 3. The second-order valence-electron chi connectivity index (χ2n) is 6.81. The Bertz CT molecular complexity index is 452. The minimum absolute atomic E-state index is 0.0552. The summed E-state index contributed by atoms with van der Waals surface area (Å²) in [6.45, 7) is 8.64. The fourth-order valence-electron chi connectivity index (χ4n) is 2.86. The highest BCUT2D eigenvalue weighted by molar-refractivity contribution is 5.58. The first kappa shape index (κ1) is 14.2. The van der Waals surface area contributed by atoms with Crippen molar-refractivity contribution in [3.63, 3.8) is 0 Å². The van der Waals surface area contributed by atoms with Gasteiger partial charge in [-0.25, -0.2) is 0 Å². The molecular formula is C16H26N2O. The van der Waals surface area contributed by atoms with E-state index in [2.05, 4.69) is 76.3 Å². The topological polar surface area (TPSA) is 24.5 Å². The summed E-state index contributed by atoms with van der Waals surface area (Å²) in [5, 5.41) is 3.63. The first-order valence-corrected chi connectivity index (χ1v) is 6.94. The Kier molecular flexibility index (Phi) is 3.52. The number of benzene rings is 1. The lowest BCUT2D eigenvalue weighted by Gasteiger charge is -2.28. The molecule has 0 radical (unpaired) electrons. The van der Waals surface area contributed by atoms with Crippen molar-refractivity contribution < 1.29 is 4.74 Å². The van der Waals surface area contributed by atoms with Crippen LogP contribution in [0.2, 0.25) is 0 Å². The fourth-order valence-corrected chi connectivity index (χ4v) is 2.86. The molecule has 1 aliphatic heterocycles. The molecule has 1 aromatic carbocycles. The smallest absolute Gasteiger partial charge is 0.0834 e. The zero-order valence-electron chi connectivity index (χ0n) is 12.9. The molecule has 0 amide bonds. The van der Waals surface area contributed by atoms with Crippen molar-refractivity contribution in [3.05, 3.63) is 24.3 Å². The van der Waals surface area contributed by atoms with E-state index in [0.717, 1.165) is 12.1 Å². The van der Waals surface area contributed by atoms with Gasteiger partial charge in [0.05, 0.1) is 17.2 Å². The number of nitrogens with one attached hydrogen (secondary N) is 1. The van der Waals surface area contributed by atoms with Crippen molar-refractivity contribution in [1.82, 2.24) is 0 Å². The van der Waals surface area contributed by atoms with Crippen molar-refractivity contribution in [1.29, 1.82) is 0 Å². The molecule has 0 aliphatic carbocycles. The van der Waals surface area contributed by atoms with Gasteiger partial charge in [0.1, 0.15) is 0 Å². The first-order valence-electron chi connectivity index (χ1n) is 6.94. The van der Waals surface area contributed by atoms with Crippen molar-refractivity contribution in [2.45, 2.75) is 51.4 Å². The highest BCUT2D eigenvalue weighted by Gasteiger charge is 2.45. The molecular weight excluding hydrogens is 236 g/mol. The van der Waals surface area contributed by atoms with Crippen LogP contribution in [0.25, 0.3) is 0 Å². The van der Waals surface area contributed by atoms with E-state index >= 15 is 0 Å². The van der Waals surface area contributed by atoms with E-state index in [9.17, 15) is 0 Å². The number of ether oxygens (including phenoxy) is 1. The summed E-state index contributed by atoms with van der Waals surface area (Å²) in [5.41, 5.74) is 2.17. The number of anilines is 2. The monoisotopic (exact) mass is 262 g/mol. The predicted molar refractivity (Wildman–Crippen MR) is 82.0 cm³/mol. The van der Waals surface area contributed by atoms with E-state index in [1.165, 1.54) is 5.69 Å². The quantitative estimate of drug-likeness (QED) is 0.902. The maximum absolute atomic E-state index is 6.13. The second-order valence-corrected chi connectivity index (χ2v) is 6.81. The third-order valence-electron chi connectivity index (χ3n) is 3.78. The SMILES string of the molecule is CN(C)c1cccc(NC2CC(C)(C)OC2(C)C)c1. The van der Waals surface area contributed by atoms with Gasteiger partial charge in [0.25, 0.3) is 0 Å². The van der Waals surface area contributed by atoms with Gasteiger partial charge in [-0.2, -0.15) is 0 Å². The third kappa shape index (κ3) is 3.21. The lowest BCUT2D eigenvalue weighted by atomic mass is 9.94. The highest BCUT2D eigenvalue weighted by atomic mass is 16.5. The van der Waals surface area contributed by atoms with Gasteiger partial charge >= 0.3 is 0 Å². The zero-order valence-corrected chi connectivity index (χ0v) is 12.9. The van der Waals surface area contributed by atoms with E-state index in [0.29, 0.717) is 6.04 Å². The van der Waals surface area contributed by atoms with Crippen molar-refractivity contribution in [2.75, 3.05) is 24.3 Å². The average molecular weight is 262 g/mol. The minimum Gasteiger partial charge on any atom is -0.379 e. The number of hydrogen-bond donors (Lipinski definition) is 1. The standard InChI is InChI=1S/C16H26N2O/c1-15(2)11-14(16(3,4)19-15)17-12-8-7-9-13(10-12)18(5)6/h7-10,14,17H,11H2,1-6H3. The van der Waals surface area contributed by atoms with Gasteiger partial charge in [0.2, 0.25) is 0 Å². The minimum atomic E-state index is -0.141. The van der Waals surface area contributed by atoms with Crippen molar-refractivity contribution in [3.8, 4) is 0 Å². The molecule has 1 heterocycles. The normalized spacial score (nSPS) is 24.2. The van der Waals surface area contributed by atoms with Gasteiger partial charge in [-0.3, -0.25) is 0 Å². The molecule has 2 rings (SSSR count). The molecule has 1 fully saturated rings.